The molecular weight excluding hydrogens is 854 g/mol. The van der Waals surface area contributed by atoms with E-state index in [0.717, 1.165) is 41.5 Å². The minimum atomic E-state index is -1.59. The number of hydrogen-bond acceptors (Lipinski definition) is 10. The van der Waals surface area contributed by atoms with E-state index in [1.54, 1.807) is 41.3 Å². The highest BCUT2D eigenvalue weighted by molar-refractivity contribution is 6.03. The summed E-state index contributed by atoms with van der Waals surface area (Å²) in [4.78, 5) is 35.8. The number of oxime groups is 1. The molecule has 1 fully saturated rings. The second-order valence-corrected chi connectivity index (χ2v) is 17.2. The van der Waals surface area contributed by atoms with Crippen LogP contribution < -0.4 is 14.8 Å². The third-order valence-electron chi connectivity index (χ3n) is 12.8. The topological polar surface area (TPSA) is 148 Å². The number of amides is 2. The molecule has 4 aromatic carbocycles. The highest BCUT2D eigenvalue weighted by Crippen LogP contribution is 2.62. The summed E-state index contributed by atoms with van der Waals surface area (Å²) in [6.45, 7) is 8.50. The maximum Gasteiger partial charge on any atom is 0.412 e. The maximum absolute atomic E-state index is 14.7. The fourth-order valence-electron chi connectivity index (χ4n) is 9.78. The third-order valence-corrected chi connectivity index (χ3v) is 12.8. The van der Waals surface area contributed by atoms with Crippen LogP contribution in [0.4, 0.5) is 14.0 Å². The molecule has 7 rings (SSSR count). The van der Waals surface area contributed by atoms with Crippen LogP contribution in [0.1, 0.15) is 79.5 Å². The Morgan fingerprint density at radius 3 is 2.30 bits per heavy atom. The van der Waals surface area contributed by atoms with Gasteiger partial charge in [0.1, 0.15) is 30.0 Å². The van der Waals surface area contributed by atoms with E-state index in [4.69, 9.17) is 28.9 Å². The van der Waals surface area contributed by atoms with Crippen LogP contribution in [0.25, 0.3) is 0 Å². The summed E-state index contributed by atoms with van der Waals surface area (Å²) >= 11 is 0. The molecule has 1 aliphatic heterocycles. The molecule has 12 nitrogen and oxygen atoms in total. The van der Waals surface area contributed by atoms with Crippen molar-refractivity contribution in [1.82, 2.24) is 10.2 Å². The molecule has 6 atom stereocenters. The van der Waals surface area contributed by atoms with Crippen molar-refractivity contribution in [2.75, 3.05) is 26.4 Å². The molecule has 2 amide bonds. The number of unbranched alkanes of at least 4 members (excludes halogenated alkanes) is 2. The van der Waals surface area contributed by atoms with Crippen molar-refractivity contribution in [3.63, 3.8) is 0 Å². The molecule has 354 valence electrons. The average molecular weight is 916 g/mol. The normalized spacial score (nSPS) is 22.0. The first-order valence-electron chi connectivity index (χ1n) is 23.3. The van der Waals surface area contributed by atoms with Gasteiger partial charge in [-0.2, -0.15) is 0 Å². The van der Waals surface area contributed by atoms with Crippen LogP contribution in [0.3, 0.4) is 0 Å². The fourth-order valence-corrected chi connectivity index (χ4v) is 9.78. The van der Waals surface area contributed by atoms with Gasteiger partial charge in [-0.15, -0.1) is 13.2 Å². The SMILES string of the molecule is C=CCCOC(=O)N(Cc1ccc(F)cc1)[C@H]1CC(=NOCc2ccccc2)C2=C[C@H](CCCCO)[C@@H](CCCCO)[C@@H]3c4cc(OC(=O)NCc5ccccc5)ccc4O[C@@]1(OCC=C)[C@H]23. The molecule has 3 aliphatic rings. The van der Waals surface area contributed by atoms with Gasteiger partial charge in [-0.05, 0) is 96.5 Å². The molecule has 0 aromatic heterocycles. The number of benzene rings is 4. The third kappa shape index (κ3) is 12.0. The zero-order valence-corrected chi connectivity index (χ0v) is 38.0. The first-order chi connectivity index (χ1) is 32.8. The first-order valence-corrected chi connectivity index (χ1v) is 23.3. The van der Waals surface area contributed by atoms with Gasteiger partial charge in [-0.1, -0.05) is 109 Å². The second-order valence-electron chi connectivity index (χ2n) is 17.2. The van der Waals surface area contributed by atoms with Crippen LogP contribution in [0.2, 0.25) is 0 Å². The number of halogens is 1. The van der Waals surface area contributed by atoms with Crippen molar-refractivity contribution in [2.45, 2.75) is 88.8 Å². The standard InChI is InChI=1S/C54H62FN3O9/c1-3-5-31-63-53(62)58(36-39-22-24-42(55)25-23-39)49-34-47(57-65-37-40-18-10-7-11-19-40)45-32-41(20-12-14-28-59)44(21-13-15-29-60)50-46-33-43(66-52(61)56-35-38-16-8-6-9-17-38)26-27-48(46)67-54(49,51(45)50)64-30-4-2/h3-4,6-11,16-19,22-27,32-33,41,44,49-51,59-60H,1-2,5,12-15,20-21,28-31,34-37H2,(H,56,61)/t41-,44+,49-,50+,51+,54+/m0/s1. The zero-order chi connectivity index (χ0) is 47.0. The van der Waals surface area contributed by atoms with Crippen molar-refractivity contribution in [3.05, 3.63) is 168 Å². The summed E-state index contributed by atoms with van der Waals surface area (Å²) in [6.07, 6.45) is 9.00. The maximum atomic E-state index is 14.7. The summed E-state index contributed by atoms with van der Waals surface area (Å²) in [5, 5.41) is 27.7. The van der Waals surface area contributed by atoms with E-state index in [-0.39, 0.29) is 70.3 Å². The summed E-state index contributed by atoms with van der Waals surface area (Å²) in [6, 6.07) is 29.7. The smallest absolute Gasteiger partial charge is 0.412 e. The van der Waals surface area contributed by atoms with Crippen molar-refractivity contribution in [1.29, 1.82) is 0 Å². The fraction of sp³-hybridized carbons (Fsp3) is 0.389. The van der Waals surface area contributed by atoms with Crippen molar-refractivity contribution < 1.29 is 48.0 Å². The van der Waals surface area contributed by atoms with Crippen LogP contribution in [0, 0.1) is 23.6 Å². The Balaban J connectivity index is 1.41. The van der Waals surface area contributed by atoms with E-state index < -0.39 is 35.8 Å². The zero-order valence-electron chi connectivity index (χ0n) is 38.0. The van der Waals surface area contributed by atoms with E-state index >= 15 is 0 Å². The van der Waals surface area contributed by atoms with E-state index in [0.29, 0.717) is 48.5 Å². The van der Waals surface area contributed by atoms with Gasteiger partial charge in [0, 0.05) is 44.2 Å². The lowest BCUT2D eigenvalue weighted by Crippen LogP contribution is -2.70. The predicted molar refractivity (Wildman–Crippen MR) is 254 cm³/mol. The number of nitrogens with zero attached hydrogens (tertiary/aromatic N) is 2. The molecule has 1 saturated carbocycles. The van der Waals surface area contributed by atoms with E-state index in [2.05, 4.69) is 24.6 Å². The van der Waals surface area contributed by atoms with Crippen molar-refractivity contribution >= 4 is 17.9 Å². The van der Waals surface area contributed by atoms with Crippen molar-refractivity contribution in [2.24, 2.45) is 22.9 Å². The van der Waals surface area contributed by atoms with Gasteiger partial charge in [0.2, 0.25) is 5.79 Å². The number of carbonyl (C=O) groups is 2. The number of nitrogens with one attached hydrogen (secondary N) is 1. The lowest BCUT2D eigenvalue weighted by Gasteiger charge is -2.59. The van der Waals surface area contributed by atoms with E-state index in [1.165, 1.54) is 12.1 Å². The lowest BCUT2D eigenvalue weighted by atomic mass is 9.55. The molecule has 0 spiro atoms. The van der Waals surface area contributed by atoms with Gasteiger partial charge in [0.25, 0.3) is 0 Å². The van der Waals surface area contributed by atoms with Crippen LogP contribution in [-0.4, -0.2) is 71.3 Å². The number of aliphatic hydroxyl groups excluding tert-OH is 2. The van der Waals surface area contributed by atoms with Gasteiger partial charge in [-0.25, -0.2) is 14.0 Å². The number of allylic oxidation sites excluding steroid dienone is 1. The van der Waals surface area contributed by atoms with Crippen LogP contribution in [-0.2, 0) is 34.0 Å². The molecular formula is C54H62FN3O9. The number of hydrogen-bond donors (Lipinski definition) is 3. The van der Waals surface area contributed by atoms with Crippen LogP contribution in [0.5, 0.6) is 11.5 Å². The molecule has 3 N–H and O–H groups in total. The summed E-state index contributed by atoms with van der Waals surface area (Å²) in [7, 11) is 0. The number of fused-ring (bicyclic) bond motifs is 2. The predicted octanol–water partition coefficient (Wildman–Crippen LogP) is 10.2. The number of rotatable bonds is 23. The van der Waals surface area contributed by atoms with E-state index in [1.807, 2.05) is 66.7 Å². The highest BCUT2D eigenvalue weighted by atomic mass is 19.1. The quantitative estimate of drug-likeness (QED) is 0.0376. The van der Waals surface area contributed by atoms with Gasteiger partial charge in [0.15, 0.2) is 0 Å². The summed E-state index contributed by atoms with van der Waals surface area (Å²) in [5.74, 6) is -2.33. The molecule has 0 bridgehead atoms. The monoisotopic (exact) mass is 915 g/mol. The Kier molecular flexibility index (Phi) is 17.4. The second kappa shape index (κ2) is 24.0. The van der Waals surface area contributed by atoms with Crippen LogP contribution >= 0.6 is 0 Å². The molecule has 4 aromatic rings. The van der Waals surface area contributed by atoms with E-state index in [9.17, 15) is 24.2 Å². The number of ether oxygens (including phenoxy) is 4. The number of aliphatic hydroxyl groups is 2. The van der Waals surface area contributed by atoms with Crippen LogP contribution in [0.15, 0.2) is 145 Å². The molecule has 0 radical (unpaired) electrons. The Morgan fingerprint density at radius 2 is 1.60 bits per heavy atom. The summed E-state index contributed by atoms with van der Waals surface area (Å²) in [5.41, 5.74) is 4.71. The minimum Gasteiger partial charge on any atom is -0.459 e. The Labute approximate surface area is 392 Å². The van der Waals surface area contributed by atoms with Gasteiger partial charge >= 0.3 is 12.2 Å². The molecule has 67 heavy (non-hydrogen) atoms. The molecule has 0 unspecified atom stereocenters. The highest BCUT2D eigenvalue weighted by Gasteiger charge is 2.65. The van der Waals surface area contributed by atoms with Crippen molar-refractivity contribution in [3.8, 4) is 11.5 Å². The molecule has 13 heteroatoms. The lowest BCUT2D eigenvalue weighted by molar-refractivity contribution is -0.256. The largest absolute Gasteiger partial charge is 0.459 e. The number of carbonyl (C=O) groups excluding carboxylic acids is 2. The Bertz CT molecular complexity index is 2330. The molecule has 1 heterocycles. The van der Waals surface area contributed by atoms with Gasteiger partial charge < -0.3 is 39.3 Å². The average Bonchev–Trinajstić information content (AvgIpc) is 3.34. The van der Waals surface area contributed by atoms with Gasteiger partial charge in [0.05, 0.1) is 24.8 Å². The first kappa shape index (κ1) is 48.6. The van der Waals surface area contributed by atoms with Gasteiger partial charge in [-0.3, -0.25) is 4.90 Å². The Morgan fingerprint density at radius 1 is 0.881 bits per heavy atom. The molecule has 2 aliphatic carbocycles. The molecule has 0 saturated heterocycles. The Hall–Kier alpha value is -6.28. The summed E-state index contributed by atoms with van der Waals surface area (Å²) < 4.78 is 40.7. The minimum absolute atomic E-state index is 0.0104.